The first-order chi connectivity index (χ1) is 11.7. The van der Waals surface area contributed by atoms with Crippen LogP contribution in [-0.2, 0) is 14.3 Å². The number of anilines is 1. The molecule has 136 valence electrons. The van der Waals surface area contributed by atoms with Gasteiger partial charge < -0.3 is 20.3 Å². The van der Waals surface area contributed by atoms with Crippen LogP contribution in [0.15, 0.2) is 12.7 Å². The monoisotopic (exact) mass is 353 g/mol. The van der Waals surface area contributed by atoms with Gasteiger partial charge in [0, 0.05) is 0 Å². The summed E-state index contributed by atoms with van der Waals surface area (Å²) in [6.45, 7) is 4.48. The Bertz CT molecular complexity index is 790. The summed E-state index contributed by atoms with van der Waals surface area (Å²) in [5.41, 5.74) is 5.53. The lowest BCUT2D eigenvalue weighted by molar-refractivity contribution is -0.164. The lowest BCUT2D eigenvalue weighted by atomic mass is 9.97. The third-order valence-electron chi connectivity index (χ3n) is 3.96. The number of nitrogens with two attached hydrogens (primary N) is 1. The Morgan fingerprint density at radius 1 is 1.44 bits per heavy atom. The first kappa shape index (κ1) is 17.5. The normalized spacial score (nSPS) is 26.9. The van der Waals surface area contributed by atoms with Crippen LogP contribution in [0, 0.1) is 5.41 Å². The molecule has 0 unspecified atom stereocenters. The number of aliphatic hydroxyl groups excluding tert-OH is 1. The molecule has 1 saturated heterocycles. The van der Waals surface area contributed by atoms with Gasteiger partial charge in [-0.25, -0.2) is 19.3 Å². The third kappa shape index (κ3) is 3.02. The molecule has 0 radical (unpaired) electrons. The number of esters is 1. The molecule has 10 heteroatoms. The lowest BCUT2D eigenvalue weighted by Gasteiger charge is -2.23. The minimum Gasteiger partial charge on any atom is -0.456 e. The number of fused-ring (bicyclic) bond motifs is 1. The van der Waals surface area contributed by atoms with E-state index in [-0.39, 0.29) is 5.82 Å². The molecule has 3 heterocycles. The number of carbonyl (C=O) groups excluding carboxylic acids is 1. The lowest BCUT2D eigenvalue weighted by Crippen LogP contribution is -2.39. The molecule has 0 aliphatic carbocycles. The van der Waals surface area contributed by atoms with Crippen LogP contribution in [0.25, 0.3) is 11.2 Å². The molecule has 9 nitrogen and oxygen atoms in total. The highest BCUT2D eigenvalue weighted by atomic mass is 19.1. The van der Waals surface area contributed by atoms with Gasteiger partial charge in [0.1, 0.15) is 17.9 Å². The number of ether oxygens (including phenoxy) is 2. The Kier molecular flexibility index (Phi) is 4.33. The minimum absolute atomic E-state index is 0.159. The third-order valence-corrected chi connectivity index (χ3v) is 3.96. The van der Waals surface area contributed by atoms with Crippen LogP contribution >= 0.6 is 0 Å². The van der Waals surface area contributed by atoms with Crippen molar-refractivity contribution in [2.24, 2.45) is 5.41 Å². The number of aromatic nitrogens is 4. The maximum absolute atomic E-state index is 15.0. The summed E-state index contributed by atoms with van der Waals surface area (Å²) < 4.78 is 27.2. The number of imidazole rings is 1. The van der Waals surface area contributed by atoms with Crippen LogP contribution in [0.5, 0.6) is 0 Å². The average Bonchev–Trinajstić information content (AvgIpc) is 3.09. The Hall–Kier alpha value is -2.33. The number of nitrogens with zero attached hydrogens (tertiary/aromatic N) is 4. The Morgan fingerprint density at radius 2 is 2.16 bits per heavy atom. The molecule has 2 aromatic heterocycles. The number of nitrogen functional groups attached to an aromatic ring is 1. The number of hydrogen-bond acceptors (Lipinski definition) is 8. The first-order valence-electron chi connectivity index (χ1n) is 7.78. The maximum Gasteiger partial charge on any atom is 0.311 e. The molecule has 25 heavy (non-hydrogen) atoms. The number of halogens is 1. The van der Waals surface area contributed by atoms with Gasteiger partial charge in [-0.15, -0.1) is 0 Å². The molecule has 0 saturated carbocycles. The zero-order valence-corrected chi connectivity index (χ0v) is 14.1. The topological polar surface area (TPSA) is 125 Å². The van der Waals surface area contributed by atoms with Gasteiger partial charge in [0.15, 0.2) is 30.0 Å². The molecule has 0 aromatic carbocycles. The molecule has 1 aliphatic heterocycles. The maximum atomic E-state index is 15.0. The van der Waals surface area contributed by atoms with Crippen molar-refractivity contribution in [3.8, 4) is 0 Å². The fourth-order valence-corrected chi connectivity index (χ4v) is 2.56. The summed E-state index contributed by atoms with van der Waals surface area (Å²) >= 11 is 0. The molecule has 3 rings (SSSR count). The van der Waals surface area contributed by atoms with Gasteiger partial charge >= 0.3 is 5.97 Å². The van der Waals surface area contributed by atoms with Gasteiger partial charge in [-0.05, 0) is 20.8 Å². The zero-order chi connectivity index (χ0) is 18.4. The van der Waals surface area contributed by atoms with Crippen molar-refractivity contribution in [1.29, 1.82) is 0 Å². The second-order valence-corrected chi connectivity index (χ2v) is 6.89. The molecule has 0 bridgehead atoms. The summed E-state index contributed by atoms with van der Waals surface area (Å²) in [6.07, 6.45) is -2.54. The predicted octanol–water partition coefficient (Wildman–Crippen LogP) is 0.594. The summed E-state index contributed by atoms with van der Waals surface area (Å²) in [5.74, 6) is -0.420. The second kappa shape index (κ2) is 6.19. The van der Waals surface area contributed by atoms with E-state index >= 15 is 0 Å². The highest BCUT2D eigenvalue weighted by molar-refractivity contribution is 5.81. The predicted molar refractivity (Wildman–Crippen MR) is 85.0 cm³/mol. The summed E-state index contributed by atoms with van der Waals surface area (Å²) in [6, 6.07) is 0. The standard InChI is InChI=1S/C15H20FN5O4/c1-15(2,3)14(23)25-10-7(4-22)24-13(8(10)16)21-6-20-9-11(17)18-5-19-12(9)21/h5-8,10,13,22H,4H2,1-3H3,(H2,17,18,19)/t7-,8-,10-,13-/m1/s1. The second-order valence-electron chi connectivity index (χ2n) is 6.89. The number of hydrogen-bond donors (Lipinski definition) is 2. The van der Waals surface area contributed by atoms with E-state index in [1.807, 2.05) is 0 Å². The van der Waals surface area contributed by atoms with Gasteiger partial charge in [0.2, 0.25) is 0 Å². The molecule has 4 atom stereocenters. The van der Waals surface area contributed by atoms with Crippen LogP contribution in [0.1, 0.15) is 27.0 Å². The van der Waals surface area contributed by atoms with Crippen molar-refractivity contribution in [3.63, 3.8) is 0 Å². The van der Waals surface area contributed by atoms with Gasteiger partial charge in [-0.3, -0.25) is 9.36 Å². The van der Waals surface area contributed by atoms with Crippen molar-refractivity contribution in [2.45, 2.75) is 45.4 Å². The molecule has 1 fully saturated rings. The van der Waals surface area contributed by atoms with Crippen LogP contribution < -0.4 is 5.73 Å². The smallest absolute Gasteiger partial charge is 0.311 e. The first-order valence-corrected chi connectivity index (χ1v) is 7.78. The SMILES string of the molecule is CC(C)(C)C(=O)O[C@H]1[C@@H](F)[C@H](n2cnc3c(N)ncnc32)O[C@@H]1CO. The molecular formula is C15H20FN5O4. The molecule has 3 N–H and O–H groups in total. The molecule has 2 aromatic rings. The highest BCUT2D eigenvalue weighted by Crippen LogP contribution is 2.36. The van der Waals surface area contributed by atoms with Gasteiger partial charge in [0.05, 0.1) is 18.3 Å². The summed E-state index contributed by atoms with van der Waals surface area (Å²) in [4.78, 5) is 24.0. The van der Waals surface area contributed by atoms with E-state index in [1.165, 1.54) is 17.2 Å². The van der Waals surface area contributed by atoms with E-state index in [0.717, 1.165) is 0 Å². The van der Waals surface area contributed by atoms with E-state index in [0.29, 0.717) is 11.2 Å². The molecule has 1 aliphatic rings. The Balaban J connectivity index is 1.91. The summed E-state index contributed by atoms with van der Waals surface area (Å²) in [7, 11) is 0. The van der Waals surface area contributed by atoms with E-state index in [2.05, 4.69) is 15.0 Å². The van der Waals surface area contributed by atoms with Gasteiger partial charge in [0.25, 0.3) is 0 Å². The van der Waals surface area contributed by atoms with E-state index in [9.17, 15) is 14.3 Å². The van der Waals surface area contributed by atoms with Crippen molar-refractivity contribution >= 4 is 23.0 Å². The Labute approximate surface area is 143 Å². The number of aliphatic hydroxyl groups is 1. The van der Waals surface area contributed by atoms with Crippen LogP contribution in [0.4, 0.5) is 10.2 Å². The highest BCUT2D eigenvalue weighted by Gasteiger charge is 2.49. The molecule has 0 amide bonds. The van der Waals surface area contributed by atoms with E-state index < -0.39 is 42.6 Å². The molecular weight excluding hydrogens is 333 g/mol. The fourth-order valence-electron chi connectivity index (χ4n) is 2.56. The van der Waals surface area contributed by atoms with Crippen molar-refractivity contribution in [2.75, 3.05) is 12.3 Å². The van der Waals surface area contributed by atoms with Crippen LogP contribution in [0.2, 0.25) is 0 Å². The number of alkyl halides is 1. The number of carbonyl (C=O) groups is 1. The zero-order valence-electron chi connectivity index (χ0n) is 14.1. The van der Waals surface area contributed by atoms with Crippen LogP contribution in [-0.4, -0.2) is 55.6 Å². The quantitative estimate of drug-likeness (QED) is 0.768. The minimum atomic E-state index is -1.71. The fraction of sp³-hybridized carbons (Fsp3) is 0.600. The van der Waals surface area contributed by atoms with Crippen molar-refractivity contribution in [1.82, 2.24) is 19.5 Å². The van der Waals surface area contributed by atoms with Gasteiger partial charge in [-0.2, -0.15) is 0 Å². The average molecular weight is 353 g/mol. The largest absolute Gasteiger partial charge is 0.456 e. The van der Waals surface area contributed by atoms with Crippen LogP contribution in [0.3, 0.4) is 0 Å². The molecule has 0 spiro atoms. The van der Waals surface area contributed by atoms with Crippen molar-refractivity contribution in [3.05, 3.63) is 12.7 Å². The number of rotatable bonds is 3. The van der Waals surface area contributed by atoms with E-state index in [4.69, 9.17) is 15.2 Å². The van der Waals surface area contributed by atoms with E-state index in [1.54, 1.807) is 20.8 Å². The Morgan fingerprint density at radius 3 is 2.80 bits per heavy atom. The van der Waals surface area contributed by atoms with Crippen molar-refractivity contribution < 1.29 is 23.8 Å². The summed E-state index contributed by atoms with van der Waals surface area (Å²) in [5, 5.41) is 9.49. The van der Waals surface area contributed by atoms with Gasteiger partial charge in [-0.1, -0.05) is 0 Å².